The summed E-state index contributed by atoms with van der Waals surface area (Å²) >= 11 is 0. The monoisotopic (exact) mass is 284 g/mol. The van der Waals surface area contributed by atoms with Gasteiger partial charge in [-0.3, -0.25) is 9.89 Å². The number of aryl methyl sites for hydroxylation is 1. The van der Waals surface area contributed by atoms with Crippen LogP contribution >= 0.6 is 0 Å². The first-order valence-electron chi connectivity index (χ1n) is 7.35. The number of amides is 1. The van der Waals surface area contributed by atoms with Crippen molar-refractivity contribution in [3.05, 3.63) is 41.1 Å². The number of benzene rings is 1. The Kier molecular flexibility index (Phi) is 3.64. The summed E-state index contributed by atoms with van der Waals surface area (Å²) in [6, 6.07) is 8.32. The molecule has 0 saturated carbocycles. The van der Waals surface area contributed by atoms with Crippen molar-refractivity contribution < 1.29 is 4.79 Å². The largest absolute Gasteiger partial charge is 0.338 e. The minimum absolute atomic E-state index is 0.112. The van der Waals surface area contributed by atoms with Crippen LogP contribution < -0.4 is 5.32 Å². The van der Waals surface area contributed by atoms with Gasteiger partial charge in [-0.05, 0) is 24.1 Å². The maximum atomic E-state index is 11.6. The molecule has 0 saturated heterocycles. The van der Waals surface area contributed by atoms with Crippen LogP contribution in [-0.4, -0.2) is 27.5 Å². The van der Waals surface area contributed by atoms with E-state index >= 15 is 0 Å². The van der Waals surface area contributed by atoms with Crippen LogP contribution in [0.15, 0.2) is 24.3 Å². The third-order valence-electron chi connectivity index (χ3n) is 3.98. The van der Waals surface area contributed by atoms with E-state index in [1.54, 1.807) is 6.92 Å². The summed E-state index contributed by atoms with van der Waals surface area (Å²) in [5.74, 6) is 0.935. The minimum Gasteiger partial charge on any atom is -0.338 e. The average Bonchev–Trinajstić information content (AvgIpc) is 2.90. The van der Waals surface area contributed by atoms with E-state index in [1.165, 1.54) is 5.56 Å². The minimum atomic E-state index is 0.112. The summed E-state index contributed by atoms with van der Waals surface area (Å²) in [4.78, 5) is 13.4. The summed E-state index contributed by atoms with van der Waals surface area (Å²) in [7, 11) is 0. The van der Waals surface area contributed by atoms with E-state index in [9.17, 15) is 4.79 Å². The van der Waals surface area contributed by atoms with Crippen molar-refractivity contribution in [3.63, 3.8) is 0 Å². The highest BCUT2D eigenvalue weighted by Crippen LogP contribution is 2.26. The van der Waals surface area contributed by atoms with E-state index in [2.05, 4.69) is 34.6 Å². The summed E-state index contributed by atoms with van der Waals surface area (Å²) in [5, 5.41) is 10.8. The van der Waals surface area contributed by atoms with Crippen molar-refractivity contribution in [3.8, 4) is 0 Å². The Labute approximate surface area is 124 Å². The number of carbonyl (C=O) groups is 1. The second kappa shape index (κ2) is 5.60. The first kappa shape index (κ1) is 13.7. The number of fused-ring (bicyclic) bond motifs is 1. The maximum Gasteiger partial charge on any atom is 0.219 e. The van der Waals surface area contributed by atoms with Crippen molar-refractivity contribution in [2.75, 3.05) is 11.9 Å². The number of nitrogens with zero attached hydrogens (tertiary/aromatic N) is 2. The van der Waals surface area contributed by atoms with Gasteiger partial charge in [-0.1, -0.05) is 19.1 Å². The second-order valence-electron chi connectivity index (χ2n) is 5.40. The zero-order chi connectivity index (χ0) is 14.8. The molecule has 5 heteroatoms. The van der Waals surface area contributed by atoms with Gasteiger partial charge in [-0.15, -0.1) is 0 Å². The molecule has 0 fully saturated rings. The van der Waals surface area contributed by atoms with Crippen LogP contribution in [-0.2, 0) is 24.2 Å². The lowest BCUT2D eigenvalue weighted by atomic mass is 10.1. The summed E-state index contributed by atoms with van der Waals surface area (Å²) in [5.41, 5.74) is 4.54. The number of anilines is 2. The molecule has 2 heterocycles. The molecule has 110 valence electrons. The molecule has 2 N–H and O–H groups in total. The Morgan fingerprint density at radius 3 is 3.10 bits per heavy atom. The van der Waals surface area contributed by atoms with Gasteiger partial charge in [0.1, 0.15) is 0 Å². The Balaban J connectivity index is 1.84. The van der Waals surface area contributed by atoms with Crippen LogP contribution in [0.25, 0.3) is 0 Å². The van der Waals surface area contributed by atoms with E-state index in [0.29, 0.717) is 6.54 Å². The third kappa shape index (κ3) is 2.77. The van der Waals surface area contributed by atoms with Gasteiger partial charge in [-0.25, -0.2) is 0 Å². The lowest BCUT2D eigenvalue weighted by molar-refractivity contribution is -0.129. The molecule has 1 aromatic carbocycles. The van der Waals surface area contributed by atoms with Gasteiger partial charge >= 0.3 is 0 Å². The van der Waals surface area contributed by atoms with Crippen LogP contribution in [0.2, 0.25) is 0 Å². The molecule has 1 amide bonds. The molecule has 1 aromatic heterocycles. The van der Waals surface area contributed by atoms with Gasteiger partial charge in [0.05, 0.1) is 6.54 Å². The number of rotatable bonds is 3. The lowest BCUT2D eigenvalue weighted by Crippen LogP contribution is -2.34. The first-order chi connectivity index (χ1) is 10.2. The number of carbonyl (C=O) groups excluding carboxylic acids is 1. The predicted molar refractivity (Wildman–Crippen MR) is 82.5 cm³/mol. The van der Waals surface area contributed by atoms with E-state index in [0.717, 1.165) is 42.1 Å². The summed E-state index contributed by atoms with van der Waals surface area (Å²) < 4.78 is 0. The third-order valence-corrected chi connectivity index (χ3v) is 3.98. The molecule has 2 aromatic rings. The van der Waals surface area contributed by atoms with Crippen molar-refractivity contribution in [1.29, 1.82) is 0 Å². The topological polar surface area (TPSA) is 61.0 Å². The summed E-state index contributed by atoms with van der Waals surface area (Å²) in [6.45, 7) is 5.13. The average molecular weight is 284 g/mol. The number of hydrogen-bond acceptors (Lipinski definition) is 3. The SMILES string of the molecule is CCc1cccc(Nc2n[nH]c3c2CN(C(C)=O)CC3)c1. The van der Waals surface area contributed by atoms with Crippen LogP contribution in [0.5, 0.6) is 0 Å². The Bertz CT molecular complexity index is 662. The molecular formula is C16H20N4O. The molecular weight excluding hydrogens is 264 g/mol. The number of H-pyrrole nitrogens is 1. The van der Waals surface area contributed by atoms with Gasteiger partial charge in [-0.2, -0.15) is 5.10 Å². The van der Waals surface area contributed by atoms with Crippen molar-refractivity contribution in [2.45, 2.75) is 33.2 Å². The van der Waals surface area contributed by atoms with Crippen LogP contribution in [0.4, 0.5) is 11.5 Å². The quantitative estimate of drug-likeness (QED) is 0.911. The fraction of sp³-hybridized carbons (Fsp3) is 0.375. The molecule has 0 spiro atoms. The maximum absolute atomic E-state index is 11.6. The van der Waals surface area contributed by atoms with Crippen molar-refractivity contribution >= 4 is 17.4 Å². The highest BCUT2D eigenvalue weighted by molar-refractivity contribution is 5.74. The number of hydrogen-bond donors (Lipinski definition) is 2. The van der Waals surface area contributed by atoms with E-state index in [-0.39, 0.29) is 5.91 Å². The van der Waals surface area contributed by atoms with Gasteiger partial charge in [0.25, 0.3) is 0 Å². The smallest absolute Gasteiger partial charge is 0.219 e. The molecule has 0 radical (unpaired) electrons. The lowest BCUT2D eigenvalue weighted by Gasteiger charge is -2.25. The van der Waals surface area contributed by atoms with Crippen molar-refractivity contribution in [2.24, 2.45) is 0 Å². The standard InChI is InChI=1S/C16H20N4O/c1-3-12-5-4-6-13(9-12)17-16-14-10-20(11(2)21)8-7-15(14)18-19-16/h4-6,9H,3,7-8,10H2,1-2H3,(H2,17,18,19). The molecule has 1 aliphatic heterocycles. The molecule has 1 aliphatic rings. The number of aromatic amines is 1. The van der Waals surface area contributed by atoms with E-state index < -0.39 is 0 Å². The van der Waals surface area contributed by atoms with Crippen molar-refractivity contribution in [1.82, 2.24) is 15.1 Å². The van der Waals surface area contributed by atoms with E-state index in [1.807, 2.05) is 17.0 Å². The molecule has 0 unspecified atom stereocenters. The fourth-order valence-corrected chi connectivity index (χ4v) is 2.67. The van der Waals surface area contributed by atoms with Gasteiger partial charge in [0.2, 0.25) is 5.91 Å². The van der Waals surface area contributed by atoms with E-state index in [4.69, 9.17) is 0 Å². The highest BCUT2D eigenvalue weighted by atomic mass is 16.2. The highest BCUT2D eigenvalue weighted by Gasteiger charge is 2.23. The number of aromatic nitrogens is 2. The molecule has 3 rings (SSSR count). The zero-order valence-corrected chi connectivity index (χ0v) is 12.4. The molecule has 0 atom stereocenters. The molecule has 21 heavy (non-hydrogen) atoms. The fourth-order valence-electron chi connectivity index (χ4n) is 2.67. The first-order valence-corrected chi connectivity index (χ1v) is 7.35. The van der Waals surface area contributed by atoms with Crippen LogP contribution in [0.3, 0.4) is 0 Å². The van der Waals surface area contributed by atoms with Gasteiger partial charge in [0.15, 0.2) is 5.82 Å². The van der Waals surface area contributed by atoms with Crippen LogP contribution in [0.1, 0.15) is 30.7 Å². The van der Waals surface area contributed by atoms with Gasteiger partial charge < -0.3 is 10.2 Å². The molecule has 0 aliphatic carbocycles. The Morgan fingerprint density at radius 1 is 1.48 bits per heavy atom. The van der Waals surface area contributed by atoms with Gasteiger partial charge in [0, 0.05) is 36.8 Å². The summed E-state index contributed by atoms with van der Waals surface area (Å²) in [6.07, 6.45) is 1.84. The number of nitrogens with one attached hydrogen (secondary N) is 2. The Hall–Kier alpha value is -2.30. The second-order valence-corrected chi connectivity index (χ2v) is 5.40. The normalized spacial score (nSPS) is 13.9. The zero-order valence-electron chi connectivity index (χ0n) is 12.4. The van der Waals surface area contributed by atoms with Crippen LogP contribution in [0, 0.1) is 0 Å². The molecule has 5 nitrogen and oxygen atoms in total. The predicted octanol–water partition coefficient (Wildman–Crippen LogP) is 2.62. The molecule has 0 bridgehead atoms. The Morgan fingerprint density at radius 2 is 2.33 bits per heavy atom.